The molecular formula is C13H15F2N3O. The minimum absolute atomic E-state index is 0.0516. The first kappa shape index (κ1) is 13.6. The number of hydrogen-bond donors (Lipinski definition) is 1. The molecule has 1 atom stereocenters. The third-order valence-electron chi connectivity index (χ3n) is 2.73. The zero-order chi connectivity index (χ0) is 13.8. The molecule has 0 bridgehead atoms. The van der Waals surface area contributed by atoms with E-state index in [9.17, 15) is 8.78 Å². The molecule has 1 unspecified atom stereocenters. The molecule has 1 N–H and O–H groups in total. The quantitative estimate of drug-likeness (QED) is 0.904. The summed E-state index contributed by atoms with van der Waals surface area (Å²) in [5.41, 5.74) is 0.338. The number of hydrogen-bond acceptors (Lipinski definition) is 4. The van der Waals surface area contributed by atoms with Gasteiger partial charge >= 0.3 is 0 Å². The van der Waals surface area contributed by atoms with Crippen LogP contribution in [0.2, 0.25) is 0 Å². The Morgan fingerprint density at radius 3 is 2.84 bits per heavy atom. The van der Waals surface area contributed by atoms with E-state index in [4.69, 9.17) is 4.52 Å². The van der Waals surface area contributed by atoms with E-state index in [-0.39, 0.29) is 12.5 Å². The molecule has 1 aromatic heterocycles. The van der Waals surface area contributed by atoms with Crippen molar-refractivity contribution >= 4 is 0 Å². The average Bonchev–Trinajstić information content (AvgIpc) is 2.82. The van der Waals surface area contributed by atoms with Crippen LogP contribution in [0.4, 0.5) is 8.78 Å². The minimum Gasteiger partial charge on any atom is -0.338 e. The second kappa shape index (κ2) is 5.88. The highest BCUT2D eigenvalue weighted by molar-refractivity contribution is 5.21. The zero-order valence-electron chi connectivity index (χ0n) is 10.8. The smallest absolute Gasteiger partial charge is 0.243 e. The van der Waals surface area contributed by atoms with E-state index in [0.29, 0.717) is 17.3 Å². The van der Waals surface area contributed by atoms with Crippen molar-refractivity contribution in [2.45, 2.75) is 26.3 Å². The van der Waals surface area contributed by atoms with Crippen LogP contribution in [0.5, 0.6) is 0 Å². The van der Waals surface area contributed by atoms with Crippen molar-refractivity contribution in [1.82, 2.24) is 15.5 Å². The Morgan fingerprint density at radius 2 is 2.16 bits per heavy atom. The molecule has 0 saturated carbocycles. The lowest BCUT2D eigenvalue weighted by Gasteiger charge is -2.05. The summed E-state index contributed by atoms with van der Waals surface area (Å²) in [4.78, 5) is 4.19. The number of rotatable bonds is 5. The Hall–Kier alpha value is -1.82. The third kappa shape index (κ3) is 3.35. The van der Waals surface area contributed by atoms with Gasteiger partial charge in [0.25, 0.3) is 0 Å². The van der Waals surface area contributed by atoms with Gasteiger partial charge in [-0.05, 0) is 25.1 Å². The van der Waals surface area contributed by atoms with Gasteiger partial charge in [0.1, 0.15) is 11.6 Å². The van der Waals surface area contributed by atoms with Crippen molar-refractivity contribution in [3.63, 3.8) is 0 Å². The van der Waals surface area contributed by atoms with Gasteiger partial charge in [-0.15, -0.1) is 0 Å². The van der Waals surface area contributed by atoms with E-state index in [1.54, 1.807) is 0 Å². The lowest BCUT2D eigenvalue weighted by molar-refractivity contribution is 0.339. The maximum absolute atomic E-state index is 13.5. The lowest BCUT2D eigenvalue weighted by atomic mass is 10.1. The predicted molar refractivity (Wildman–Crippen MR) is 65.6 cm³/mol. The Bertz CT molecular complexity index is 557. The molecule has 6 heteroatoms. The van der Waals surface area contributed by atoms with Gasteiger partial charge in [0.2, 0.25) is 5.89 Å². The molecule has 0 aliphatic carbocycles. The first-order valence-electron chi connectivity index (χ1n) is 6.10. The van der Waals surface area contributed by atoms with Crippen molar-refractivity contribution in [3.05, 3.63) is 47.1 Å². The molecule has 0 radical (unpaired) electrons. The summed E-state index contributed by atoms with van der Waals surface area (Å²) in [6, 6.07) is 3.39. The van der Waals surface area contributed by atoms with Gasteiger partial charge < -0.3 is 9.84 Å². The van der Waals surface area contributed by atoms with E-state index < -0.39 is 11.6 Å². The first-order valence-corrected chi connectivity index (χ1v) is 6.10. The van der Waals surface area contributed by atoms with Gasteiger partial charge in [-0.1, -0.05) is 18.1 Å². The summed E-state index contributed by atoms with van der Waals surface area (Å²) >= 11 is 0. The summed E-state index contributed by atoms with van der Waals surface area (Å²) in [7, 11) is 0. The molecule has 0 aliphatic rings. The molecule has 4 nitrogen and oxygen atoms in total. The van der Waals surface area contributed by atoms with Crippen LogP contribution in [-0.2, 0) is 6.42 Å². The average molecular weight is 267 g/mol. The normalized spacial score (nSPS) is 12.6. The zero-order valence-corrected chi connectivity index (χ0v) is 10.8. The molecule has 2 aromatic rings. The maximum atomic E-state index is 13.5. The van der Waals surface area contributed by atoms with Crippen LogP contribution in [0, 0.1) is 11.6 Å². The van der Waals surface area contributed by atoms with Crippen molar-refractivity contribution in [3.8, 4) is 0 Å². The number of halogens is 2. The summed E-state index contributed by atoms with van der Waals surface area (Å²) in [5, 5.41) is 6.93. The molecule has 0 spiro atoms. The van der Waals surface area contributed by atoms with E-state index in [1.807, 2.05) is 13.8 Å². The minimum atomic E-state index is -0.605. The number of benzene rings is 1. The molecule has 1 aromatic carbocycles. The largest absolute Gasteiger partial charge is 0.338 e. The van der Waals surface area contributed by atoms with Gasteiger partial charge in [0.15, 0.2) is 5.82 Å². The van der Waals surface area contributed by atoms with Crippen LogP contribution in [0.3, 0.4) is 0 Å². The Kier molecular flexibility index (Phi) is 4.21. The molecular weight excluding hydrogens is 252 g/mol. The van der Waals surface area contributed by atoms with Crippen LogP contribution in [0.25, 0.3) is 0 Å². The summed E-state index contributed by atoms with van der Waals surface area (Å²) in [5.74, 6) is -0.369. The molecule has 0 fully saturated rings. The standard InChI is InChI=1S/C13H15F2N3O/c1-3-16-8(2)13-17-12(18-19-13)6-9-4-5-10(14)7-11(9)15/h4-5,7-8,16H,3,6H2,1-2H3. The molecule has 19 heavy (non-hydrogen) atoms. The van der Waals surface area contributed by atoms with Crippen molar-refractivity contribution in [1.29, 1.82) is 0 Å². The van der Waals surface area contributed by atoms with Crippen molar-refractivity contribution in [2.75, 3.05) is 6.54 Å². The lowest BCUT2D eigenvalue weighted by Crippen LogP contribution is -2.17. The number of aromatic nitrogens is 2. The summed E-state index contributed by atoms with van der Waals surface area (Å²) in [6.45, 7) is 4.66. The SMILES string of the molecule is CCNC(C)c1nc(Cc2ccc(F)cc2F)no1. The fraction of sp³-hybridized carbons (Fsp3) is 0.385. The summed E-state index contributed by atoms with van der Waals surface area (Å²) < 4.78 is 31.4. The van der Waals surface area contributed by atoms with Gasteiger partial charge in [0, 0.05) is 12.5 Å². The monoisotopic (exact) mass is 267 g/mol. The highest BCUT2D eigenvalue weighted by Crippen LogP contribution is 2.15. The Balaban J connectivity index is 2.11. The second-order valence-corrected chi connectivity index (χ2v) is 4.24. The van der Waals surface area contributed by atoms with E-state index >= 15 is 0 Å². The molecule has 1 heterocycles. The number of nitrogens with zero attached hydrogens (tertiary/aromatic N) is 2. The van der Waals surface area contributed by atoms with Crippen molar-refractivity contribution in [2.24, 2.45) is 0 Å². The number of nitrogens with one attached hydrogen (secondary N) is 1. The van der Waals surface area contributed by atoms with E-state index in [0.717, 1.165) is 12.6 Å². The maximum Gasteiger partial charge on any atom is 0.243 e. The van der Waals surface area contributed by atoms with Crippen LogP contribution >= 0.6 is 0 Å². The topological polar surface area (TPSA) is 51.0 Å². The highest BCUT2D eigenvalue weighted by atomic mass is 19.1. The van der Waals surface area contributed by atoms with Gasteiger partial charge in [-0.2, -0.15) is 4.98 Å². The Labute approximate surface area is 109 Å². The van der Waals surface area contributed by atoms with Crippen LogP contribution in [0.1, 0.15) is 37.2 Å². The molecule has 0 saturated heterocycles. The first-order chi connectivity index (χ1) is 9.10. The van der Waals surface area contributed by atoms with Gasteiger partial charge in [-0.3, -0.25) is 0 Å². The van der Waals surface area contributed by atoms with E-state index in [2.05, 4.69) is 15.5 Å². The van der Waals surface area contributed by atoms with E-state index in [1.165, 1.54) is 12.1 Å². The fourth-order valence-electron chi connectivity index (χ4n) is 1.74. The van der Waals surface area contributed by atoms with Gasteiger partial charge in [-0.25, -0.2) is 8.78 Å². The highest BCUT2D eigenvalue weighted by Gasteiger charge is 2.14. The van der Waals surface area contributed by atoms with Gasteiger partial charge in [0.05, 0.1) is 6.04 Å². The summed E-state index contributed by atoms with van der Waals surface area (Å²) in [6.07, 6.45) is 0.175. The molecule has 102 valence electrons. The van der Waals surface area contributed by atoms with Crippen molar-refractivity contribution < 1.29 is 13.3 Å². The Morgan fingerprint density at radius 1 is 1.37 bits per heavy atom. The second-order valence-electron chi connectivity index (χ2n) is 4.24. The molecule has 2 rings (SSSR count). The predicted octanol–water partition coefficient (Wildman–Crippen LogP) is 2.61. The van der Waals surface area contributed by atoms with Crippen LogP contribution in [0.15, 0.2) is 22.7 Å². The third-order valence-corrected chi connectivity index (χ3v) is 2.73. The van der Waals surface area contributed by atoms with Crippen LogP contribution in [-0.4, -0.2) is 16.7 Å². The molecule has 0 aliphatic heterocycles. The molecule has 0 amide bonds. The van der Waals surface area contributed by atoms with Crippen LogP contribution < -0.4 is 5.32 Å². The fourth-order valence-corrected chi connectivity index (χ4v) is 1.74.